The van der Waals surface area contributed by atoms with Gasteiger partial charge in [0.2, 0.25) is 14.3 Å². The van der Waals surface area contributed by atoms with E-state index < -0.39 is 42.4 Å². The third kappa shape index (κ3) is 5.90. The molecular formula is C35H39FN4O7Si. The van der Waals surface area contributed by atoms with Gasteiger partial charge < -0.3 is 29.1 Å². The molecule has 0 radical (unpaired) electrons. The predicted octanol–water partition coefficient (Wildman–Crippen LogP) is 5.54. The number of anilines is 2. The minimum Gasteiger partial charge on any atom is -0.394 e. The summed E-state index contributed by atoms with van der Waals surface area (Å²) in [7, 11) is -3.59. The Morgan fingerprint density at radius 3 is 2.48 bits per heavy atom. The number of hydrogen-bond acceptors (Lipinski definition) is 7. The zero-order chi connectivity index (χ0) is 34.4. The number of rotatable bonds is 9. The van der Waals surface area contributed by atoms with E-state index in [-0.39, 0.29) is 48.7 Å². The number of carbonyl (C=O) groups excluding carboxylic acids is 3. The van der Waals surface area contributed by atoms with Gasteiger partial charge in [-0.2, -0.15) is 0 Å². The van der Waals surface area contributed by atoms with Crippen LogP contribution in [-0.2, 0) is 26.5 Å². The number of hydrogen-bond donors (Lipinski definition) is 2. The number of ether oxygens (including phenoxy) is 1. The molecule has 48 heavy (non-hydrogen) atoms. The maximum Gasteiger partial charge on any atom is 0.269 e. The number of carbonyl (C=O) groups is 3. The fraction of sp³-hybridized carbons (Fsp3) is 0.400. The zero-order valence-electron chi connectivity index (χ0n) is 27.1. The molecule has 3 heterocycles. The molecule has 3 aromatic rings. The van der Waals surface area contributed by atoms with Crippen LogP contribution >= 0.6 is 0 Å². The first-order valence-corrected chi connectivity index (χ1v) is 19.1. The Morgan fingerprint density at radius 2 is 1.83 bits per heavy atom. The van der Waals surface area contributed by atoms with Crippen LogP contribution in [0.15, 0.2) is 72.8 Å². The summed E-state index contributed by atoms with van der Waals surface area (Å²) in [4.78, 5) is 55.2. The van der Waals surface area contributed by atoms with Crippen LogP contribution in [0.25, 0.3) is 0 Å². The van der Waals surface area contributed by atoms with Crippen LogP contribution in [-0.4, -0.2) is 66.4 Å². The Labute approximate surface area is 279 Å². The number of nitro groups is 1. The van der Waals surface area contributed by atoms with Crippen LogP contribution < -0.4 is 10.2 Å². The quantitative estimate of drug-likeness (QED) is 0.131. The van der Waals surface area contributed by atoms with E-state index in [1.807, 2.05) is 6.07 Å². The minimum atomic E-state index is -3.59. The van der Waals surface area contributed by atoms with E-state index in [1.54, 1.807) is 60.4 Å². The molecular weight excluding hydrogens is 635 g/mol. The molecule has 3 amide bonds. The molecule has 252 valence electrons. The van der Waals surface area contributed by atoms with E-state index >= 15 is 4.11 Å². The lowest BCUT2D eigenvalue weighted by molar-refractivity contribution is -0.385. The first-order chi connectivity index (χ1) is 22.8. The summed E-state index contributed by atoms with van der Waals surface area (Å²) >= 11 is 0. The number of benzene rings is 3. The molecule has 13 heteroatoms. The number of aliphatic hydroxyl groups excluding tert-OH is 1. The summed E-state index contributed by atoms with van der Waals surface area (Å²) < 4.78 is 22.9. The summed E-state index contributed by atoms with van der Waals surface area (Å²) in [6, 6.07) is 19.7. The van der Waals surface area contributed by atoms with E-state index in [0.29, 0.717) is 29.9 Å². The highest BCUT2D eigenvalue weighted by molar-refractivity contribution is 6.72. The van der Waals surface area contributed by atoms with Gasteiger partial charge in [0.15, 0.2) is 5.60 Å². The van der Waals surface area contributed by atoms with E-state index in [2.05, 4.69) is 5.32 Å². The molecule has 0 aliphatic carbocycles. The second kappa shape index (κ2) is 12.9. The summed E-state index contributed by atoms with van der Waals surface area (Å²) in [5.74, 6) is -1.74. The van der Waals surface area contributed by atoms with Crippen molar-refractivity contribution < 1.29 is 33.3 Å². The highest BCUT2D eigenvalue weighted by Gasteiger charge is 2.67. The predicted molar refractivity (Wildman–Crippen MR) is 180 cm³/mol. The molecule has 6 rings (SSSR count). The third-order valence-electron chi connectivity index (χ3n) is 10.0. The number of halogens is 1. The highest BCUT2D eigenvalue weighted by atomic mass is 28.4. The molecule has 2 fully saturated rings. The lowest BCUT2D eigenvalue weighted by Crippen LogP contribution is -2.45. The Hall–Kier alpha value is -4.46. The van der Waals surface area contributed by atoms with Gasteiger partial charge in [0, 0.05) is 47.0 Å². The number of amides is 3. The van der Waals surface area contributed by atoms with E-state index in [0.717, 1.165) is 12.0 Å². The monoisotopic (exact) mass is 674 g/mol. The second-order valence-corrected chi connectivity index (χ2v) is 17.2. The van der Waals surface area contributed by atoms with Gasteiger partial charge >= 0.3 is 0 Å². The number of likely N-dealkylation sites (tertiary alicyclic amines) is 1. The van der Waals surface area contributed by atoms with E-state index in [4.69, 9.17) is 4.74 Å². The van der Waals surface area contributed by atoms with Gasteiger partial charge in [0.05, 0.1) is 42.3 Å². The molecule has 11 nitrogen and oxygen atoms in total. The first kappa shape index (κ1) is 33.4. The number of nitro benzene ring substituents is 1. The number of nitrogens with one attached hydrogen (secondary N) is 1. The molecule has 0 saturated carbocycles. The van der Waals surface area contributed by atoms with Gasteiger partial charge in [-0.3, -0.25) is 24.5 Å². The van der Waals surface area contributed by atoms with Gasteiger partial charge in [-0.25, -0.2) is 0 Å². The maximum atomic E-state index is 16.2. The maximum absolute atomic E-state index is 16.2. The summed E-state index contributed by atoms with van der Waals surface area (Å²) in [5, 5.41) is 24.5. The molecule has 0 bridgehead atoms. The number of fused-ring (bicyclic) bond motifs is 2. The van der Waals surface area contributed by atoms with E-state index in [1.165, 1.54) is 36.2 Å². The first-order valence-electron chi connectivity index (χ1n) is 16.2. The zero-order valence-corrected chi connectivity index (χ0v) is 28.1. The fourth-order valence-electron chi connectivity index (χ4n) is 7.82. The largest absolute Gasteiger partial charge is 0.394 e. The van der Waals surface area contributed by atoms with Crippen molar-refractivity contribution in [3.63, 3.8) is 0 Å². The van der Waals surface area contributed by atoms with Crippen molar-refractivity contribution in [3.8, 4) is 0 Å². The lowest BCUT2D eigenvalue weighted by Gasteiger charge is -2.31. The molecule has 1 spiro atoms. The molecule has 3 aliphatic heterocycles. The summed E-state index contributed by atoms with van der Waals surface area (Å²) in [5.41, 5.74) is -0.229. The van der Waals surface area contributed by atoms with Crippen molar-refractivity contribution in [2.75, 3.05) is 23.4 Å². The van der Waals surface area contributed by atoms with Crippen molar-refractivity contribution in [1.82, 2.24) is 4.90 Å². The van der Waals surface area contributed by atoms with Crippen LogP contribution in [0.3, 0.4) is 0 Å². The Bertz CT molecular complexity index is 1730. The Morgan fingerprint density at radius 1 is 1.12 bits per heavy atom. The van der Waals surface area contributed by atoms with Crippen LogP contribution in [0, 0.1) is 16.0 Å². The normalized spacial score (nSPS) is 25.1. The molecule has 3 aliphatic rings. The second-order valence-electron chi connectivity index (χ2n) is 13.4. The van der Waals surface area contributed by atoms with Gasteiger partial charge in [0.1, 0.15) is 0 Å². The van der Waals surface area contributed by atoms with Gasteiger partial charge in [0.25, 0.3) is 17.5 Å². The Balaban J connectivity index is 1.32. The SMILES string of the molecule is C[C@@H]1[C@@H]([Si](C)(C)F)[C@H](CC(=O)N2CCC[C@H]2CO)O[C@@]12C(=O)N(Cc1ccc(NC(=O)c3ccccc3)cc1)c1ccc([N+](=O)[O-])cc12. The van der Waals surface area contributed by atoms with Crippen molar-refractivity contribution in [2.24, 2.45) is 5.92 Å². The molecule has 3 aromatic carbocycles. The average Bonchev–Trinajstić information content (AvgIpc) is 3.72. The van der Waals surface area contributed by atoms with Crippen LogP contribution in [0.1, 0.15) is 47.7 Å². The smallest absolute Gasteiger partial charge is 0.269 e. The topological polar surface area (TPSA) is 142 Å². The number of aliphatic hydroxyl groups is 1. The molecule has 5 atom stereocenters. The summed E-state index contributed by atoms with van der Waals surface area (Å²) in [6.07, 6.45) is 0.315. The van der Waals surface area contributed by atoms with Crippen LogP contribution in [0.5, 0.6) is 0 Å². The summed E-state index contributed by atoms with van der Waals surface area (Å²) in [6.45, 7) is 5.20. The van der Waals surface area contributed by atoms with Crippen molar-refractivity contribution >= 4 is 43.2 Å². The van der Waals surface area contributed by atoms with Crippen molar-refractivity contribution in [2.45, 2.75) is 69.1 Å². The minimum absolute atomic E-state index is 0.0883. The average molecular weight is 675 g/mol. The van der Waals surface area contributed by atoms with Crippen molar-refractivity contribution in [1.29, 1.82) is 0 Å². The molecule has 0 aromatic heterocycles. The van der Waals surface area contributed by atoms with Gasteiger partial charge in [-0.15, -0.1) is 0 Å². The molecule has 0 unspecified atom stereocenters. The highest BCUT2D eigenvalue weighted by Crippen LogP contribution is 2.60. The standard InChI is InChI=1S/C35H39FN4O7Si/c1-22-32(48(2,3)36)30(19-31(42)38-17-7-10-27(38)21-41)47-35(22)28-18-26(40(45)46)15-16-29(28)39(34(35)44)20-23-11-13-25(14-12-23)37-33(43)24-8-5-4-6-9-24/h4-6,8-9,11-16,18,22,27,30,32,41H,7,10,17,19-21H2,1-3H3,(H,37,43)/t22-,27+,30+,32-,35+/m1/s1. The fourth-order valence-corrected chi connectivity index (χ4v) is 10.3. The lowest BCUT2D eigenvalue weighted by atomic mass is 9.82. The van der Waals surface area contributed by atoms with Gasteiger partial charge in [-0.1, -0.05) is 37.3 Å². The molecule has 2 saturated heterocycles. The van der Waals surface area contributed by atoms with E-state index in [9.17, 15) is 29.6 Å². The van der Waals surface area contributed by atoms with Crippen molar-refractivity contribution in [3.05, 3.63) is 99.6 Å². The molecule has 2 N–H and O–H groups in total. The third-order valence-corrected chi connectivity index (χ3v) is 12.5. The Kier molecular flexibility index (Phi) is 8.96. The van der Waals surface area contributed by atoms with Crippen LogP contribution in [0.2, 0.25) is 18.6 Å². The number of nitrogens with zero attached hydrogens (tertiary/aromatic N) is 3. The van der Waals surface area contributed by atoms with Crippen LogP contribution in [0.4, 0.5) is 21.2 Å². The van der Waals surface area contributed by atoms with Gasteiger partial charge in [-0.05, 0) is 61.8 Å². The number of non-ortho nitro benzene ring substituents is 1.